The molecule has 0 radical (unpaired) electrons. The van der Waals surface area contributed by atoms with Gasteiger partial charge in [0.05, 0.1) is 6.61 Å². The zero-order valence-corrected chi connectivity index (χ0v) is 8.29. The lowest BCUT2D eigenvalue weighted by Crippen LogP contribution is -2.47. The van der Waals surface area contributed by atoms with E-state index in [2.05, 4.69) is 10.1 Å². The number of carbonyl (C=O) groups excluding carboxylic acids is 2. The molecule has 0 heterocycles. The normalized spacial score (nSPS) is 11.9. The maximum Gasteiger partial charge on any atom is 0.332 e. The van der Waals surface area contributed by atoms with E-state index >= 15 is 0 Å². The molecule has 6 nitrogen and oxygen atoms in total. The summed E-state index contributed by atoms with van der Waals surface area (Å²) in [6, 6.07) is -1.24. The Labute approximate surface area is 83.0 Å². The number of hydrogen-bond donors (Lipinski definition) is 3. The van der Waals surface area contributed by atoms with E-state index in [0.717, 1.165) is 0 Å². The molecule has 0 rings (SSSR count). The summed E-state index contributed by atoms with van der Waals surface area (Å²) < 4.78 is 4.58. The van der Waals surface area contributed by atoms with Crippen LogP contribution in [-0.4, -0.2) is 37.6 Å². The van der Waals surface area contributed by atoms with E-state index < -0.39 is 17.9 Å². The second-order valence-electron chi connectivity index (χ2n) is 2.66. The van der Waals surface area contributed by atoms with Crippen molar-refractivity contribution in [2.45, 2.75) is 19.4 Å². The van der Waals surface area contributed by atoms with E-state index in [9.17, 15) is 9.59 Å². The first kappa shape index (κ1) is 12.9. The standard InChI is InChI=1S/C8H17N3O3/c1-2-14-8(13)6(10)7(12)11-5-3-4-9/h6H,2-5,9-10H2,1H3,(H,11,12). The second kappa shape index (κ2) is 7.28. The molecule has 0 aromatic carbocycles. The smallest absolute Gasteiger partial charge is 0.332 e. The van der Waals surface area contributed by atoms with Crippen LogP contribution in [0.3, 0.4) is 0 Å². The third-order valence-electron chi connectivity index (χ3n) is 1.50. The highest BCUT2D eigenvalue weighted by Crippen LogP contribution is 1.86. The minimum atomic E-state index is -1.24. The average Bonchev–Trinajstić information content (AvgIpc) is 2.17. The number of rotatable bonds is 6. The molecule has 0 saturated heterocycles. The molecular formula is C8H17N3O3. The quantitative estimate of drug-likeness (QED) is 0.272. The minimum absolute atomic E-state index is 0.211. The number of ether oxygens (including phenoxy) is 1. The van der Waals surface area contributed by atoms with Gasteiger partial charge in [-0.25, -0.2) is 4.79 Å². The van der Waals surface area contributed by atoms with Crippen LogP contribution in [0.1, 0.15) is 13.3 Å². The van der Waals surface area contributed by atoms with Gasteiger partial charge in [0.2, 0.25) is 5.91 Å². The zero-order chi connectivity index (χ0) is 11.0. The third kappa shape index (κ3) is 4.78. The van der Waals surface area contributed by atoms with Gasteiger partial charge >= 0.3 is 5.97 Å². The Morgan fingerprint density at radius 1 is 1.50 bits per heavy atom. The molecular weight excluding hydrogens is 186 g/mol. The number of nitrogens with one attached hydrogen (secondary N) is 1. The molecule has 0 fully saturated rings. The summed E-state index contributed by atoms with van der Waals surface area (Å²) in [7, 11) is 0. The third-order valence-corrected chi connectivity index (χ3v) is 1.50. The molecule has 0 spiro atoms. The van der Waals surface area contributed by atoms with E-state index in [1.54, 1.807) is 6.92 Å². The van der Waals surface area contributed by atoms with Crippen LogP contribution in [0, 0.1) is 0 Å². The first-order valence-electron chi connectivity index (χ1n) is 4.53. The van der Waals surface area contributed by atoms with Crippen LogP contribution in [0.5, 0.6) is 0 Å². The van der Waals surface area contributed by atoms with Gasteiger partial charge in [-0.2, -0.15) is 0 Å². The van der Waals surface area contributed by atoms with Gasteiger partial charge in [0, 0.05) is 6.54 Å². The zero-order valence-electron chi connectivity index (χ0n) is 8.29. The maximum atomic E-state index is 11.2. The first-order valence-corrected chi connectivity index (χ1v) is 4.53. The van der Waals surface area contributed by atoms with Gasteiger partial charge in [0.25, 0.3) is 0 Å². The summed E-state index contributed by atoms with van der Waals surface area (Å²) in [6.07, 6.45) is 0.654. The molecule has 1 unspecified atom stereocenters. The van der Waals surface area contributed by atoms with Crippen molar-refractivity contribution in [2.75, 3.05) is 19.7 Å². The predicted octanol–water partition coefficient (Wildman–Crippen LogP) is -1.66. The van der Waals surface area contributed by atoms with Gasteiger partial charge in [-0.1, -0.05) is 0 Å². The molecule has 82 valence electrons. The number of esters is 1. The lowest BCUT2D eigenvalue weighted by Gasteiger charge is -2.10. The summed E-state index contributed by atoms with van der Waals surface area (Å²) >= 11 is 0. The van der Waals surface area contributed by atoms with Crippen molar-refractivity contribution in [3.63, 3.8) is 0 Å². The molecule has 0 aromatic heterocycles. The van der Waals surface area contributed by atoms with E-state index in [-0.39, 0.29) is 6.61 Å². The Hall–Kier alpha value is -1.14. The van der Waals surface area contributed by atoms with Crippen molar-refractivity contribution in [1.82, 2.24) is 5.32 Å². The summed E-state index contributed by atoms with van der Waals surface area (Å²) in [6.45, 7) is 2.76. The van der Waals surface area contributed by atoms with Gasteiger partial charge < -0.3 is 21.5 Å². The summed E-state index contributed by atoms with van der Waals surface area (Å²) in [5.74, 6) is -1.24. The molecule has 6 heteroatoms. The fraction of sp³-hybridized carbons (Fsp3) is 0.750. The van der Waals surface area contributed by atoms with Crippen molar-refractivity contribution in [3.05, 3.63) is 0 Å². The number of hydrogen-bond acceptors (Lipinski definition) is 5. The van der Waals surface area contributed by atoms with E-state index in [0.29, 0.717) is 19.5 Å². The van der Waals surface area contributed by atoms with Gasteiger partial charge in [-0.3, -0.25) is 4.79 Å². The maximum absolute atomic E-state index is 11.2. The molecule has 0 saturated carbocycles. The number of amides is 1. The van der Waals surface area contributed by atoms with Crippen LogP contribution in [0.2, 0.25) is 0 Å². The van der Waals surface area contributed by atoms with Gasteiger partial charge in [0.15, 0.2) is 6.04 Å². The fourth-order valence-electron chi connectivity index (χ4n) is 0.763. The summed E-state index contributed by atoms with van der Waals surface area (Å²) in [5.41, 5.74) is 10.5. The van der Waals surface area contributed by atoms with Crippen LogP contribution in [0.25, 0.3) is 0 Å². The van der Waals surface area contributed by atoms with Crippen LogP contribution >= 0.6 is 0 Å². The van der Waals surface area contributed by atoms with Crippen molar-refractivity contribution >= 4 is 11.9 Å². The minimum Gasteiger partial charge on any atom is -0.464 e. The van der Waals surface area contributed by atoms with Crippen molar-refractivity contribution in [1.29, 1.82) is 0 Å². The fourth-order valence-corrected chi connectivity index (χ4v) is 0.763. The lowest BCUT2D eigenvalue weighted by molar-refractivity contribution is -0.147. The van der Waals surface area contributed by atoms with E-state index in [1.807, 2.05) is 0 Å². The number of nitrogens with two attached hydrogens (primary N) is 2. The highest BCUT2D eigenvalue weighted by Gasteiger charge is 2.22. The Balaban J connectivity index is 3.80. The van der Waals surface area contributed by atoms with Gasteiger partial charge in [0.1, 0.15) is 0 Å². The van der Waals surface area contributed by atoms with Gasteiger partial charge in [-0.05, 0) is 19.9 Å². The van der Waals surface area contributed by atoms with Crippen LogP contribution < -0.4 is 16.8 Å². The molecule has 0 aliphatic heterocycles. The molecule has 0 aliphatic carbocycles. The molecule has 0 aliphatic rings. The highest BCUT2D eigenvalue weighted by atomic mass is 16.5. The van der Waals surface area contributed by atoms with Crippen molar-refractivity contribution in [2.24, 2.45) is 11.5 Å². The second-order valence-corrected chi connectivity index (χ2v) is 2.66. The lowest BCUT2D eigenvalue weighted by atomic mass is 10.3. The van der Waals surface area contributed by atoms with Gasteiger partial charge in [-0.15, -0.1) is 0 Å². The van der Waals surface area contributed by atoms with Crippen LogP contribution in [-0.2, 0) is 14.3 Å². The molecule has 1 atom stereocenters. The largest absolute Gasteiger partial charge is 0.464 e. The molecule has 0 bridgehead atoms. The van der Waals surface area contributed by atoms with Crippen LogP contribution in [0.4, 0.5) is 0 Å². The monoisotopic (exact) mass is 203 g/mol. The topological polar surface area (TPSA) is 107 Å². The summed E-state index contributed by atoms with van der Waals surface area (Å²) in [5, 5.41) is 2.48. The first-order chi connectivity index (χ1) is 6.63. The van der Waals surface area contributed by atoms with Crippen molar-refractivity contribution in [3.8, 4) is 0 Å². The van der Waals surface area contributed by atoms with E-state index in [4.69, 9.17) is 11.5 Å². The Bertz CT molecular complexity index is 196. The summed E-state index contributed by atoms with van der Waals surface area (Å²) in [4.78, 5) is 22.1. The highest BCUT2D eigenvalue weighted by molar-refractivity contribution is 6.01. The Kier molecular flexibility index (Phi) is 6.69. The molecule has 14 heavy (non-hydrogen) atoms. The average molecular weight is 203 g/mol. The Morgan fingerprint density at radius 2 is 2.14 bits per heavy atom. The molecule has 1 amide bonds. The Morgan fingerprint density at radius 3 is 2.64 bits per heavy atom. The van der Waals surface area contributed by atoms with E-state index in [1.165, 1.54) is 0 Å². The predicted molar refractivity (Wildman–Crippen MR) is 51.3 cm³/mol. The number of carbonyl (C=O) groups is 2. The molecule has 5 N–H and O–H groups in total. The SMILES string of the molecule is CCOC(=O)C(N)C(=O)NCCCN. The molecule has 0 aromatic rings. The van der Waals surface area contributed by atoms with Crippen LogP contribution in [0.15, 0.2) is 0 Å². The van der Waals surface area contributed by atoms with Crippen molar-refractivity contribution < 1.29 is 14.3 Å².